The summed E-state index contributed by atoms with van der Waals surface area (Å²) < 4.78 is 0. The van der Waals surface area contributed by atoms with Crippen LogP contribution in [0.1, 0.15) is 15.9 Å². The van der Waals surface area contributed by atoms with E-state index in [-0.39, 0.29) is 30.8 Å². The van der Waals surface area contributed by atoms with Gasteiger partial charge in [0.2, 0.25) is 11.8 Å². The van der Waals surface area contributed by atoms with Crippen LogP contribution in [0.4, 0.5) is 17.1 Å². The number of para-hydroxylation sites is 2. The van der Waals surface area contributed by atoms with Crippen molar-refractivity contribution in [3.8, 4) is 0 Å². The predicted molar refractivity (Wildman–Crippen MR) is 132 cm³/mol. The maximum absolute atomic E-state index is 12.8. The number of aryl methyl sites for hydroxylation is 1. The molecule has 0 unspecified atom stereocenters. The molecule has 0 aliphatic carbocycles. The molecule has 0 heterocycles. The standard InChI is InChI=1S/C25H25ClN4O3/c1-17-8-7-9-18(14-17)27-25(33)19-10-3-5-12-21(19)28-23(31)15-30(2)16-24(32)29-22-13-6-4-11-20(22)26/h3-14H,15-16H2,1-2H3,(H,27,33)(H,28,31)(H,29,32). The van der Waals surface area contributed by atoms with E-state index in [1.807, 2.05) is 25.1 Å². The fourth-order valence-corrected chi connectivity index (χ4v) is 3.38. The molecule has 0 atom stereocenters. The molecule has 0 spiro atoms. The molecule has 3 N–H and O–H groups in total. The van der Waals surface area contributed by atoms with Crippen molar-refractivity contribution in [1.82, 2.24) is 4.90 Å². The number of hydrogen-bond donors (Lipinski definition) is 3. The van der Waals surface area contributed by atoms with Crippen LogP contribution < -0.4 is 16.0 Å². The first-order valence-electron chi connectivity index (χ1n) is 10.3. The maximum Gasteiger partial charge on any atom is 0.257 e. The van der Waals surface area contributed by atoms with E-state index in [2.05, 4.69) is 16.0 Å². The number of rotatable bonds is 8. The molecular weight excluding hydrogens is 440 g/mol. The molecule has 0 fully saturated rings. The summed E-state index contributed by atoms with van der Waals surface area (Å²) >= 11 is 6.05. The zero-order valence-corrected chi connectivity index (χ0v) is 19.1. The van der Waals surface area contributed by atoms with Gasteiger partial charge in [0.05, 0.1) is 35.1 Å². The van der Waals surface area contributed by atoms with Gasteiger partial charge in [0.25, 0.3) is 5.91 Å². The summed E-state index contributed by atoms with van der Waals surface area (Å²) in [4.78, 5) is 39.1. The van der Waals surface area contributed by atoms with Crippen LogP contribution in [0.3, 0.4) is 0 Å². The molecule has 170 valence electrons. The molecule has 0 aromatic heterocycles. The number of carbonyl (C=O) groups excluding carboxylic acids is 3. The topological polar surface area (TPSA) is 90.5 Å². The Morgan fingerprint density at radius 2 is 1.39 bits per heavy atom. The molecule has 7 nitrogen and oxygen atoms in total. The van der Waals surface area contributed by atoms with Crippen molar-refractivity contribution in [3.05, 3.63) is 88.9 Å². The van der Waals surface area contributed by atoms with Gasteiger partial charge in [-0.15, -0.1) is 0 Å². The Bertz CT molecular complexity index is 1170. The Hall–Kier alpha value is -3.68. The monoisotopic (exact) mass is 464 g/mol. The van der Waals surface area contributed by atoms with E-state index < -0.39 is 0 Å². The van der Waals surface area contributed by atoms with Gasteiger partial charge >= 0.3 is 0 Å². The quantitative estimate of drug-likeness (QED) is 0.460. The molecule has 0 saturated heterocycles. The zero-order valence-electron chi connectivity index (χ0n) is 18.4. The number of nitrogens with zero attached hydrogens (tertiary/aromatic N) is 1. The van der Waals surface area contributed by atoms with Crippen LogP contribution in [0.15, 0.2) is 72.8 Å². The first kappa shape index (κ1) is 24.0. The van der Waals surface area contributed by atoms with Gasteiger partial charge in [-0.2, -0.15) is 0 Å². The Morgan fingerprint density at radius 3 is 2.06 bits per heavy atom. The van der Waals surface area contributed by atoms with Gasteiger partial charge in [-0.1, -0.05) is 48.0 Å². The average Bonchev–Trinajstić information content (AvgIpc) is 2.75. The summed E-state index contributed by atoms with van der Waals surface area (Å²) in [5.41, 5.74) is 2.94. The molecule has 0 aliphatic heterocycles. The minimum Gasteiger partial charge on any atom is -0.324 e. The molecule has 3 aromatic rings. The van der Waals surface area contributed by atoms with Gasteiger partial charge in [-0.25, -0.2) is 0 Å². The third-order valence-electron chi connectivity index (χ3n) is 4.70. The van der Waals surface area contributed by atoms with Crippen molar-refractivity contribution in [2.75, 3.05) is 36.1 Å². The molecule has 3 aromatic carbocycles. The second-order valence-corrected chi connectivity index (χ2v) is 8.02. The van der Waals surface area contributed by atoms with E-state index in [1.165, 1.54) is 0 Å². The van der Waals surface area contributed by atoms with Gasteiger partial charge in [-0.3, -0.25) is 19.3 Å². The summed E-state index contributed by atoms with van der Waals surface area (Å²) in [6.07, 6.45) is 0. The highest BCUT2D eigenvalue weighted by atomic mass is 35.5. The van der Waals surface area contributed by atoms with Gasteiger partial charge in [0.1, 0.15) is 0 Å². The molecule has 33 heavy (non-hydrogen) atoms. The minimum absolute atomic E-state index is 0.00582. The van der Waals surface area contributed by atoms with Gasteiger partial charge in [-0.05, 0) is 55.9 Å². The fourth-order valence-electron chi connectivity index (χ4n) is 3.20. The number of carbonyl (C=O) groups is 3. The zero-order chi connectivity index (χ0) is 23.8. The van der Waals surface area contributed by atoms with Crippen molar-refractivity contribution >= 4 is 46.4 Å². The molecule has 3 rings (SSSR count). The summed E-state index contributed by atoms with van der Waals surface area (Å²) in [5.74, 6) is -0.973. The first-order chi connectivity index (χ1) is 15.8. The van der Waals surface area contributed by atoms with Crippen LogP contribution in [0.2, 0.25) is 5.02 Å². The van der Waals surface area contributed by atoms with Crippen LogP contribution in [0.5, 0.6) is 0 Å². The first-order valence-corrected chi connectivity index (χ1v) is 10.7. The lowest BCUT2D eigenvalue weighted by atomic mass is 10.1. The lowest BCUT2D eigenvalue weighted by Gasteiger charge is -2.17. The van der Waals surface area contributed by atoms with E-state index in [9.17, 15) is 14.4 Å². The van der Waals surface area contributed by atoms with E-state index in [0.29, 0.717) is 27.6 Å². The normalized spacial score (nSPS) is 10.5. The average molecular weight is 465 g/mol. The Labute approximate surface area is 197 Å². The van der Waals surface area contributed by atoms with Crippen LogP contribution in [-0.4, -0.2) is 42.8 Å². The van der Waals surface area contributed by atoms with E-state index >= 15 is 0 Å². The molecule has 3 amide bonds. The third kappa shape index (κ3) is 7.17. The molecule has 0 aliphatic rings. The van der Waals surface area contributed by atoms with Crippen LogP contribution in [0.25, 0.3) is 0 Å². The second-order valence-electron chi connectivity index (χ2n) is 7.62. The van der Waals surface area contributed by atoms with Gasteiger partial charge in [0.15, 0.2) is 0 Å². The SMILES string of the molecule is Cc1cccc(NC(=O)c2ccccc2NC(=O)CN(C)CC(=O)Nc2ccccc2Cl)c1. The summed E-state index contributed by atoms with van der Waals surface area (Å²) in [6.45, 7) is 1.90. The predicted octanol–water partition coefficient (Wildman–Crippen LogP) is 4.41. The van der Waals surface area contributed by atoms with Crippen LogP contribution >= 0.6 is 11.6 Å². The number of hydrogen-bond acceptors (Lipinski definition) is 4. The van der Waals surface area contributed by atoms with E-state index in [0.717, 1.165) is 5.56 Å². The lowest BCUT2D eigenvalue weighted by Crippen LogP contribution is -2.36. The Morgan fingerprint density at radius 1 is 0.788 bits per heavy atom. The van der Waals surface area contributed by atoms with Gasteiger partial charge in [0, 0.05) is 5.69 Å². The van der Waals surface area contributed by atoms with Crippen molar-refractivity contribution in [2.45, 2.75) is 6.92 Å². The highest BCUT2D eigenvalue weighted by molar-refractivity contribution is 6.33. The number of anilines is 3. The molecule has 8 heteroatoms. The number of halogens is 1. The highest BCUT2D eigenvalue weighted by Gasteiger charge is 2.16. The summed E-state index contributed by atoms with van der Waals surface area (Å²) in [5, 5.41) is 8.76. The Balaban J connectivity index is 1.57. The van der Waals surface area contributed by atoms with Crippen LogP contribution in [0, 0.1) is 6.92 Å². The third-order valence-corrected chi connectivity index (χ3v) is 5.03. The fraction of sp³-hybridized carbons (Fsp3) is 0.160. The van der Waals surface area contributed by atoms with E-state index in [4.69, 9.17) is 11.6 Å². The largest absolute Gasteiger partial charge is 0.324 e. The van der Waals surface area contributed by atoms with Crippen molar-refractivity contribution < 1.29 is 14.4 Å². The number of amides is 3. The number of likely N-dealkylation sites (N-methyl/N-ethyl adjacent to an activating group) is 1. The second kappa shape index (κ2) is 11.3. The summed E-state index contributed by atoms with van der Waals surface area (Å²) in [7, 11) is 1.65. The molecule has 0 saturated carbocycles. The highest BCUT2D eigenvalue weighted by Crippen LogP contribution is 2.20. The van der Waals surface area contributed by atoms with Crippen LogP contribution in [-0.2, 0) is 9.59 Å². The van der Waals surface area contributed by atoms with E-state index in [1.54, 1.807) is 66.5 Å². The Kier molecular flexibility index (Phi) is 8.18. The molecular formula is C25H25ClN4O3. The summed E-state index contributed by atoms with van der Waals surface area (Å²) in [6, 6.07) is 21.1. The van der Waals surface area contributed by atoms with Crippen molar-refractivity contribution in [3.63, 3.8) is 0 Å². The number of nitrogens with one attached hydrogen (secondary N) is 3. The lowest BCUT2D eigenvalue weighted by molar-refractivity contribution is -0.119. The minimum atomic E-state index is -0.348. The van der Waals surface area contributed by atoms with Crippen molar-refractivity contribution in [2.24, 2.45) is 0 Å². The maximum atomic E-state index is 12.8. The number of benzene rings is 3. The smallest absolute Gasteiger partial charge is 0.257 e. The van der Waals surface area contributed by atoms with Crippen molar-refractivity contribution in [1.29, 1.82) is 0 Å². The molecule has 0 radical (unpaired) electrons. The van der Waals surface area contributed by atoms with Gasteiger partial charge < -0.3 is 16.0 Å². The molecule has 0 bridgehead atoms.